The molecule has 0 radical (unpaired) electrons. The largest absolute Gasteiger partial charge is 0.472 e. The first-order chi connectivity index (χ1) is 48.0. The lowest BCUT2D eigenvalue weighted by Crippen LogP contribution is -2.30. The van der Waals surface area contributed by atoms with Crippen molar-refractivity contribution >= 4 is 39.5 Å². The van der Waals surface area contributed by atoms with E-state index in [-0.39, 0.29) is 25.7 Å². The summed E-state index contributed by atoms with van der Waals surface area (Å²) in [4.78, 5) is 73.0. The van der Waals surface area contributed by atoms with Gasteiger partial charge < -0.3 is 33.8 Å². The number of unbranched alkanes of at least 4 members (excludes halogenated alkanes) is 52. The average molecular weight is 1450 g/mol. The van der Waals surface area contributed by atoms with Crippen LogP contribution < -0.4 is 0 Å². The maximum atomic E-state index is 13.1. The fourth-order valence-electron chi connectivity index (χ4n) is 12.4. The highest BCUT2D eigenvalue weighted by Gasteiger charge is 2.30. The lowest BCUT2D eigenvalue weighted by atomic mass is 10.0. The van der Waals surface area contributed by atoms with Gasteiger partial charge in [0.1, 0.15) is 19.3 Å². The van der Waals surface area contributed by atoms with E-state index in [0.29, 0.717) is 25.7 Å². The van der Waals surface area contributed by atoms with Gasteiger partial charge in [-0.1, -0.05) is 375 Å². The summed E-state index contributed by atoms with van der Waals surface area (Å²) in [6, 6.07) is 0. The summed E-state index contributed by atoms with van der Waals surface area (Å²) in [7, 11) is -9.92. The first-order valence-electron chi connectivity index (χ1n) is 41.6. The van der Waals surface area contributed by atoms with Crippen molar-refractivity contribution in [3.05, 3.63) is 0 Å². The second-order valence-electron chi connectivity index (χ2n) is 29.3. The van der Waals surface area contributed by atoms with Gasteiger partial charge in [-0.05, 0) is 31.6 Å². The summed E-state index contributed by atoms with van der Waals surface area (Å²) in [5.74, 6) is -1.36. The molecule has 0 aromatic rings. The fourth-order valence-corrected chi connectivity index (χ4v) is 14.0. The minimum Gasteiger partial charge on any atom is -0.462 e. The zero-order valence-corrected chi connectivity index (χ0v) is 66.4. The van der Waals surface area contributed by atoms with E-state index < -0.39 is 97.5 Å². The van der Waals surface area contributed by atoms with Crippen molar-refractivity contribution in [1.29, 1.82) is 0 Å². The zero-order chi connectivity index (χ0) is 72.7. The molecule has 3 N–H and O–H groups in total. The normalized spacial score (nSPS) is 13.9. The molecule has 0 rings (SSSR count). The number of ether oxygens (including phenoxy) is 4. The third-order valence-corrected chi connectivity index (χ3v) is 20.7. The molecule has 0 aliphatic rings. The van der Waals surface area contributed by atoms with Crippen LogP contribution in [0.25, 0.3) is 0 Å². The van der Waals surface area contributed by atoms with E-state index in [1.165, 1.54) is 250 Å². The Balaban J connectivity index is 5.26. The maximum absolute atomic E-state index is 13.1. The highest BCUT2D eigenvalue weighted by atomic mass is 31.2. The smallest absolute Gasteiger partial charge is 0.462 e. The Kier molecular flexibility index (Phi) is 71.6. The molecule has 588 valence electrons. The number of aliphatic hydroxyl groups excluding tert-OH is 1. The lowest BCUT2D eigenvalue weighted by molar-refractivity contribution is -0.161. The Morgan fingerprint density at radius 3 is 0.687 bits per heavy atom. The molecule has 0 fully saturated rings. The van der Waals surface area contributed by atoms with Crippen LogP contribution in [0.15, 0.2) is 0 Å². The van der Waals surface area contributed by atoms with Crippen LogP contribution in [0.1, 0.15) is 426 Å². The second-order valence-corrected chi connectivity index (χ2v) is 32.2. The van der Waals surface area contributed by atoms with Crippen molar-refractivity contribution in [2.75, 3.05) is 39.6 Å². The number of hydrogen-bond donors (Lipinski definition) is 3. The Bertz CT molecular complexity index is 1890. The van der Waals surface area contributed by atoms with E-state index in [1.807, 2.05) is 0 Å². The molecule has 0 saturated carbocycles. The lowest BCUT2D eigenvalue weighted by Gasteiger charge is -2.21. The van der Waals surface area contributed by atoms with Gasteiger partial charge in [-0.25, -0.2) is 9.13 Å². The topological polar surface area (TPSA) is 237 Å². The van der Waals surface area contributed by atoms with Gasteiger partial charge in [0.25, 0.3) is 0 Å². The summed E-state index contributed by atoms with van der Waals surface area (Å²) in [6.07, 6.45) is 63.7. The van der Waals surface area contributed by atoms with Gasteiger partial charge in [0.2, 0.25) is 0 Å². The third kappa shape index (κ3) is 74.1. The van der Waals surface area contributed by atoms with Crippen LogP contribution in [0.5, 0.6) is 0 Å². The van der Waals surface area contributed by atoms with Gasteiger partial charge in [0.05, 0.1) is 26.4 Å². The second kappa shape index (κ2) is 73.0. The number of phosphoric ester groups is 2. The van der Waals surface area contributed by atoms with E-state index in [1.54, 1.807) is 0 Å². The molecule has 0 spiro atoms. The van der Waals surface area contributed by atoms with E-state index in [0.717, 1.165) is 95.8 Å². The molecule has 19 heteroatoms. The first-order valence-corrected chi connectivity index (χ1v) is 44.6. The van der Waals surface area contributed by atoms with E-state index in [4.69, 9.17) is 37.0 Å². The van der Waals surface area contributed by atoms with Crippen molar-refractivity contribution in [1.82, 2.24) is 0 Å². The summed E-state index contributed by atoms with van der Waals surface area (Å²) in [5.41, 5.74) is 0. The van der Waals surface area contributed by atoms with Crippen molar-refractivity contribution in [2.45, 2.75) is 445 Å². The van der Waals surface area contributed by atoms with Crippen molar-refractivity contribution in [3.8, 4) is 0 Å². The number of hydrogen-bond acceptors (Lipinski definition) is 15. The number of carbonyl (C=O) groups excluding carboxylic acids is 4. The molecule has 2 unspecified atom stereocenters. The Morgan fingerprint density at radius 1 is 0.273 bits per heavy atom. The molecule has 17 nitrogen and oxygen atoms in total. The summed E-state index contributed by atoms with van der Waals surface area (Å²) >= 11 is 0. The molecule has 0 amide bonds. The third-order valence-electron chi connectivity index (χ3n) is 18.8. The number of aliphatic hydroxyl groups is 1. The van der Waals surface area contributed by atoms with Crippen LogP contribution >= 0.6 is 15.6 Å². The molecule has 0 aromatic heterocycles. The van der Waals surface area contributed by atoms with E-state index in [9.17, 15) is 43.2 Å². The maximum Gasteiger partial charge on any atom is 0.472 e. The summed E-state index contributed by atoms with van der Waals surface area (Å²) in [5, 5.41) is 10.6. The van der Waals surface area contributed by atoms with E-state index in [2.05, 4.69) is 34.6 Å². The standard InChI is InChI=1S/C80H156O17P2/c1-6-9-12-15-18-21-24-27-30-31-34-37-40-45-51-56-61-66-80(85)96-75(69-90-77(82)63-58-53-48-43-38-35-32-28-25-22-19-16-13-10-7-2)71-94-98(86,87)92-67-74(81)68-93-99(88,89)95-72-76(70-91-78(83)64-59-54-49-46-41-42-47-52-57-62-73(4)5)97-79(84)65-60-55-50-44-39-36-33-29-26-23-20-17-14-11-8-3/h73-76,81H,6-72H2,1-5H3,(H,86,87)(H,88,89)/t74-,75-,76-/m1/s1. The van der Waals surface area contributed by atoms with Gasteiger partial charge in [0.15, 0.2) is 12.2 Å². The van der Waals surface area contributed by atoms with Crippen molar-refractivity contribution < 1.29 is 80.2 Å². The van der Waals surface area contributed by atoms with Gasteiger partial charge in [-0.15, -0.1) is 0 Å². The fraction of sp³-hybridized carbons (Fsp3) is 0.950. The molecular weight excluding hydrogens is 1290 g/mol. The Hall–Kier alpha value is -1.94. The monoisotopic (exact) mass is 1450 g/mol. The van der Waals surface area contributed by atoms with Gasteiger partial charge >= 0.3 is 39.5 Å². The van der Waals surface area contributed by atoms with Crippen molar-refractivity contribution in [3.63, 3.8) is 0 Å². The van der Waals surface area contributed by atoms with Gasteiger partial charge in [-0.3, -0.25) is 37.3 Å². The minimum atomic E-state index is -4.96. The molecule has 0 heterocycles. The minimum absolute atomic E-state index is 0.108. The van der Waals surface area contributed by atoms with Crippen LogP contribution in [0.4, 0.5) is 0 Å². The molecule has 0 aliphatic heterocycles. The zero-order valence-electron chi connectivity index (χ0n) is 64.6. The van der Waals surface area contributed by atoms with Crippen LogP contribution in [-0.2, 0) is 65.4 Å². The number of rotatable bonds is 80. The van der Waals surface area contributed by atoms with Gasteiger partial charge in [0, 0.05) is 25.7 Å². The Morgan fingerprint density at radius 2 is 0.465 bits per heavy atom. The summed E-state index contributed by atoms with van der Waals surface area (Å²) in [6.45, 7) is 7.32. The molecule has 0 aliphatic carbocycles. The predicted octanol–water partition coefficient (Wildman–Crippen LogP) is 24.0. The molecule has 0 aromatic carbocycles. The van der Waals surface area contributed by atoms with Crippen LogP contribution in [-0.4, -0.2) is 96.7 Å². The quantitative estimate of drug-likeness (QED) is 0.0222. The number of phosphoric acid groups is 2. The van der Waals surface area contributed by atoms with Crippen LogP contribution in [0, 0.1) is 5.92 Å². The Labute approximate surface area is 607 Å². The highest BCUT2D eigenvalue weighted by molar-refractivity contribution is 7.47. The molecule has 0 bridgehead atoms. The first kappa shape index (κ1) is 97.1. The molecular formula is C80H156O17P2. The van der Waals surface area contributed by atoms with Crippen LogP contribution in [0.3, 0.4) is 0 Å². The molecule has 99 heavy (non-hydrogen) atoms. The SMILES string of the molecule is CCCCCCCCCCCCCCCCCCCC(=O)O[C@H](COC(=O)CCCCCCCCCCCCCCCCC)COP(=O)(O)OC[C@@H](O)COP(=O)(O)OC[C@@H](COC(=O)CCCCCCCCCCCC(C)C)OC(=O)CCCCCCCCCCCCCCCCC. The van der Waals surface area contributed by atoms with E-state index >= 15 is 0 Å². The number of carbonyl (C=O) groups is 4. The number of esters is 4. The summed E-state index contributed by atoms with van der Waals surface area (Å²) < 4.78 is 68.7. The highest BCUT2D eigenvalue weighted by Crippen LogP contribution is 2.45. The predicted molar refractivity (Wildman–Crippen MR) is 405 cm³/mol. The van der Waals surface area contributed by atoms with Crippen molar-refractivity contribution in [2.24, 2.45) is 5.92 Å². The van der Waals surface area contributed by atoms with Crippen LogP contribution in [0.2, 0.25) is 0 Å². The van der Waals surface area contributed by atoms with Gasteiger partial charge in [-0.2, -0.15) is 0 Å². The average Bonchev–Trinajstić information content (AvgIpc) is 1.08. The molecule has 0 saturated heterocycles. The molecule has 5 atom stereocenters.